The molecule has 0 aliphatic carbocycles. The van der Waals surface area contributed by atoms with Crippen molar-refractivity contribution in [3.05, 3.63) is 29.8 Å². The van der Waals surface area contributed by atoms with E-state index < -0.39 is 0 Å². The van der Waals surface area contributed by atoms with E-state index in [-0.39, 0.29) is 0 Å². The Morgan fingerprint density at radius 2 is 1.78 bits per heavy atom. The Hall–Kier alpha value is -1.02. The first-order valence-electron chi connectivity index (χ1n) is 6.93. The summed E-state index contributed by atoms with van der Waals surface area (Å²) in [5, 5.41) is 0. The van der Waals surface area contributed by atoms with Gasteiger partial charge in [-0.25, -0.2) is 0 Å². The van der Waals surface area contributed by atoms with Crippen molar-refractivity contribution in [3.8, 4) is 0 Å². The van der Waals surface area contributed by atoms with Gasteiger partial charge in [0.05, 0.1) is 0 Å². The highest BCUT2D eigenvalue weighted by Crippen LogP contribution is 2.23. The molecular formula is C16H28N2. The van der Waals surface area contributed by atoms with Gasteiger partial charge in [0.2, 0.25) is 0 Å². The van der Waals surface area contributed by atoms with Gasteiger partial charge in [0.25, 0.3) is 0 Å². The van der Waals surface area contributed by atoms with Crippen LogP contribution < -0.4 is 5.73 Å². The second-order valence-corrected chi connectivity index (χ2v) is 5.94. The van der Waals surface area contributed by atoms with Crippen LogP contribution in [0.15, 0.2) is 24.3 Å². The Labute approximate surface area is 112 Å². The van der Waals surface area contributed by atoms with E-state index in [9.17, 15) is 0 Å². The molecule has 0 aromatic heterocycles. The van der Waals surface area contributed by atoms with Gasteiger partial charge < -0.3 is 10.6 Å². The van der Waals surface area contributed by atoms with E-state index >= 15 is 0 Å². The minimum absolute atomic E-state index is 0.292. The summed E-state index contributed by atoms with van der Waals surface area (Å²) in [5.74, 6) is 0.584. The Bertz CT molecular complexity index is 354. The van der Waals surface area contributed by atoms with Crippen molar-refractivity contribution < 1.29 is 0 Å². The molecule has 0 aliphatic heterocycles. The Balaban J connectivity index is 2.51. The van der Waals surface area contributed by atoms with E-state index in [0.29, 0.717) is 11.5 Å². The molecule has 0 saturated heterocycles. The Morgan fingerprint density at radius 1 is 1.22 bits per heavy atom. The predicted octanol–water partition coefficient (Wildman–Crippen LogP) is 3.88. The van der Waals surface area contributed by atoms with Crippen molar-refractivity contribution >= 4 is 5.69 Å². The monoisotopic (exact) mass is 248 g/mol. The van der Waals surface area contributed by atoms with Crippen molar-refractivity contribution in [1.82, 2.24) is 4.90 Å². The second-order valence-electron chi connectivity index (χ2n) is 5.94. The summed E-state index contributed by atoms with van der Waals surface area (Å²) in [6.07, 6.45) is 2.36. The number of nitrogens with zero attached hydrogens (tertiary/aromatic N) is 1. The molecule has 1 unspecified atom stereocenters. The molecule has 0 saturated carbocycles. The van der Waals surface area contributed by atoms with Crippen LogP contribution in [0.3, 0.4) is 0 Å². The second kappa shape index (κ2) is 6.24. The van der Waals surface area contributed by atoms with Gasteiger partial charge in [-0.2, -0.15) is 0 Å². The average molecular weight is 248 g/mol. The topological polar surface area (TPSA) is 29.3 Å². The van der Waals surface area contributed by atoms with Crippen molar-refractivity contribution in [2.45, 2.75) is 52.0 Å². The molecule has 0 aliphatic rings. The van der Waals surface area contributed by atoms with Gasteiger partial charge in [-0.05, 0) is 63.9 Å². The van der Waals surface area contributed by atoms with Crippen LogP contribution in [0, 0.1) is 0 Å². The number of nitrogens with two attached hydrogens (primary N) is 1. The highest BCUT2D eigenvalue weighted by atomic mass is 15.2. The van der Waals surface area contributed by atoms with Crippen LogP contribution in [0.1, 0.15) is 52.0 Å². The van der Waals surface area contributed by atoms with Crippen molar-refractivity contribution in [1.29, 1.82) is 0 Å². The summed E-state index contributed by atoms with van der Waals surface area (Å²) >= 11 is 0. The lowest BCUT2D eigenvalue weighted by Crippen LogP contribution is -2.41. The van der Waals surface area contributed by atoms with Gasteiger partial charge in [-0.15, -0.1) is 0 Å². The Kier molecular flexibility index (Phi) is 5.21. The molecule has 0 heterocycles. The number of nitrogen functional groups attached to an aromatic ring is 1. The number of anilines is 1. The van der Waals surface area contributed by atoms with E-state index in [1.807, 2.05) is 12.1 Å². The third kappa shape index (κ3) is 4.02. The summed E-state index contributed by atoms with van der Waals surface area (Å²) < 4.78 is 0. The molecule has 0 amide bonds. The lowest BCUT2D eigenvalue weighted by molar-refractivity contribution is 0.147. The first-order valence-corrected chi connectivity index (χ1v) is 6.93. The maximum absolute atomic E-state index is 5.72. The number of benzene rings is 1. The van der Waals surface area contributed by atoms with Crippen LogP contribution in [-0.2, 0) is 0 Å². The van der Waals surface area contributed by atoms with E-state index in [1.165, 1.54) is 18.4 Å². The number of hydrogen-bond donors (Lipinski definition) is 1. The summed E-state index contributed by atoms with van der Waals surface area (Å²) in [6, 6.07) is 8.27. The molecule has 1 atom stereocenters. The first-order chi connectivity index (χ1) is 8.36. The van der Waals surface area contributed by atoms with Crippen LogP contribution in [0.4, 0.5) is 5.69 Å². The van der Waals surface area contributed by atoms with Crippen molar-refractivity contribution in [2.24, 2.45) is 0 Å². The molecule has 1 aromatic carbocycles. The Morgan fingerprint density at radius 3 is 2.28 bits per heavy atom. The molecule has 2 N–H and O–H groups in total. The van der Waals surface area contributed by atoms with Crippen LogP contribution in [-0.4, -0.2) is 24.0 Å². The minimum Gasteiger partial charge on any atom is -0.399 e. The highest BCUT2D eigenvalue weighted by Gasteiger charge is 2.21. The van der Waals surface area contributed by atoms with Crippen LogP contribution >= 0.6 is 0 Å². The predicted molar refractivity (Wildman–Crippen MR) is 80.9 cm³/mol. The zero-order valence-corrected chi connectivity index (χ0v) is 12.5. The van der Waals surface area contributed by atoms with Crippen molar-refractivity contribution in [3.63, 3.8) is 0 Å². The molecule has 0 spiro atoms. The van der Waals surface area contributed by atoms with Crippen LogP contribution in [0.2, 0.25) is 0 Å². The fourth-order valence-corrected chi connectivity index (χ4v) is 1.95. The zero-order valence-electron chi connectivity index (χ0n) is 12.5. The average Bonchev–Trinajstić information content (AvgIpc) is 2.36. The van der Waals surface area contributed by atoms with E-state index in [4.69, 9.17) is 5.73 Å². The maximum Gasteiger partial charge on any atom is 0.0314 e. The minimum atomic E-state index is 0.292. The van der Waals surface area contributed by atoms with E-state index in [1.54, 1.807) is 0 Å². The van der Waals surface area contributed by atoms with Gasteiger partial charge >= 0.3 is 0 Å². The molecule has 102 valence electrons. The molecule has 2 heteroatoms. The molecule has 0 radical (unpaired) electrons. The summed E-state index contributed by atoms with van der Waals surface area (Å²) in [4.78, 5) is 2.46. The zero-order chi connectivity index (χ0) is 13.8. The molecule has 1 rings (SSSR count). The van der Waals surface area contributed by atoms with Gasteiger partial charge in [-0.3, -0.25) is 0 Å². The van der Waals surface area contributed by atoms with E-state index in [0.717, 1.165) is 12.2 Å². The third-order valence-electron chi connectivity index (χ3n) is 4.30. The van der Waals surface area contributed by atoms with E-state index in [2.05, 4.69) is 51.8 Å². The van der Waals surface area contributed by atoms with Crippen LogP contribution in [0.25, 0.3) is 0 Å². The third-order valence-corrected chi connectivity index (χ3v) is 4.30. The largest absolute Gasteiger partial charge is 0.399 e. The lowest BCUT2D eigenvalue weighted by atomic mass is 9.95. The fraction of sp³-hybridized carbons (Fsp3) is 0.625. The summed E-state index contributed by atoms with van der Waals surface area (Å²) in [5.41, 5.74) is 8.23. The quantitative estimate of drug-likeness (QED) is 0.774. The molecular weight excluding hydrogens is 220 g/mol. The highest BCUT2D eigenvalue weighted by molar-refractivity contribution is 5.40. The van der Waals surface area contributed by atoms with Gasteiger partial charge in [0, 0.05) is 11.2 Å². The van der Waals surface area contributed by atoms with Gasteiger partial charge in [0.15, 0.2) is 0 Å². The molecule has 1 aromatic rings. The normalized spacial score (nSPS) is 13.9. The number of hydrogen-bond acceptors (Lipinski definition) is 2. The maximum atomic E-state index is 5.72. The molecule has 2 nitrogen and oxygen atoms in total. The van der Waals surface area contributed by atoms with Crippen LogP contribution in [0.5, 0.6) is 0 Å². The van der Waals surface area contributed by atoms with Gasteiger partial charge in [0.1, 0.15) is 0 Å². The fourth-order valence-electron chi connectivity index (χ4n) is 1.95. The lowest BCUT2D eigenvalue weighted by Gasteiger charge is -2.35. The first kappa shape index (κ1) is 15.0. The smallest absolute Gasteiger partial charge is 0.0314 e. The standard InChI is InChI=1S/C16H28N2/c1-6-16(3,4)18(5)12-11-13(2)14-7-9-15(17)10-8-14/h7-10,13H,6,11-12,17H2,1-5H3. The molecule has 18 heavy (non-hydrogen) atoms. The SMILES string of the molecule is CCC(C)(C)N(C)CCC(C)c1ccc(N)cc1. The summed E-state index contributed by atoms with van der Waals surface area (Å²) in [6.45, 7) is 10.3. The summed E-state index contributed by atoms with van der Waals surface area (Å²) in [7, 11) is 2.22. The molecule has 0 bridgehead atoms. The molecule has 0 fully saturated rings. The number of rotatable bonds is 6. The van der Waals surface area contributed by atoms with Gasteiger partial charge in [-0.1, -0.05) is 26.0 Å². The van der Waals surface area contributed by atoms with Crippen molar-refractivity contribution in [2.75, 3.05) is 19.3 Å².